The Morgan fingerprint density at radius 3 is 2.47 bits per heavy atom. The molecule has 1 aromatic carbocycles. The summed E-state index contributed by atoms with van der Waals surface area (Å²) in [4.78, 5) is 11.1. The van der Waals surface area contributed by atoms with Gasteiger partial charge in [0.25, 0.3) is 0 Å². The number of aliphatic hydroxyl groups is 1. The summed E-state index contributed by atoms with van der Waals surface area (Å²) in [5.41, 5.74) is -0.498. The molecule has 0 spiro atoms. The number of rotatable bonds is 2. The van der Waals surface area contributed by atoms with Crippen molar-refractivity contribution in [2.75, 3.05) is 7.11 Å². The van der Waals surface area contributed by atoms with E-state index in [1.54, 1.807) is 0 Å². The molecule has 1 N–H and O–H groups in total. The lowest BCUT2D eigenvalue weighted by atomic mass is 10.1. The van der Waals surface area contributed by atoms with E-state index in [-0.39, 0.29) is 10.6 Å². The summed E-state index contributed by atoms with van der Waals surface area (Å²) < 4.78 is 41.0. The number of carbonyl (C=O) groups excluding carboxylic acids is 1. The van der Waals surface area contributed by atoms with E-state index < -0.39 is 23.8 Å². The highest BCUT2D eigenvalue weighted by atomic mass is 35.5. The number of methoxy groups -OCH3 is 1. The van der Waals surface area contributed by atoms with Crippen LogP contribution < -0.4 is 0 Å². The molecule has 17 heavy (non-hydrogen) atoms. The Labute approximate surface area is 99.8 Å². The van der Waals surface area contributed by atoms with Gasteiger partial charge in [0.1, 0.15) is 0 Å². The molecule has 1 atom stereocenters. The molecule has 7 heteroatoms. The van der Waals surface area contributed by atoms with Crippen molar-refractivity contribution in [2.24, 2.45) is 0 Å². The van der Waals surface area contributed by atoms with Gasteiger partial charge >= 0.3 is 12.1 Å². The number of hydrogen-bond donors (Lipinski definition) is 1. The summed E-state index contributed by atoms with van der Waals surface area (Å²) >= 11 is 5.62. The van der Waals surface area contributed by atoms with Gasteiger partial charge in [-0.3, -0.25) is 0 Å². The van der Waals surface area contributed by atoms with E-state index in [0.29, 0.717) is 0 Å². The number of ether oxygens (including phenoxy) is 1. The average molecular weight is 269 g/mol. The second-order valence-corrected chi connectivity index (χ2v) is 3.58. The summed E-state index contributed by atoms with van der Waals surface area (Å²) in [6.45, 7) is 0. The SMILES string of the molecule is COC(=O)c1ccc(C(O)C(F)(F)F)cc1Cl. The first-order valence-electron chi connectivity index (χ1n) is 4.40. The van der Waals surface area contributed by atoms with Gasteiger partial charge in [0, 0.05) is 0 Å². The fourth-order valence-electron chi connectivity index (χ4n) is 1.17. The Morgan fingerprint density at radius 1 is 1.47 bits per heavy atom. The Kier molecular flexibility index (Phi) is 4.00. The van der Waals surface area contributed by atoms with Gasteiger partial charge in [0.2, 0.25) is 0 Å². The third-order valence-electron chi connectivity index (χ3n) is 2.02. The molecule has 0 saturated heterocycles. The van der Waals surface area contributed by atoms with E-state index >= 15 is 0 Å². The fourth-order valence-corrected chi connectivity index (χ4v) is 1.43. The molecule has 0 aliphatic rings. The monoisotopic (exact) mass is 268 g/mol. The molecule has 0 saturated carbocycles. The van der Waals surface area contributed by atoms with Gasteiger partial charge < -0.3 is 9.84 Å². The van der Waals surface area contributed by atoms with E-state index in [2.05, 4.69) is 4.74 Å². The Balaban J connectivity index is 3.09. The van der Waals surface area contributed by atoms with Crippen molar-refractivity contribution < 1.29 is 27.8 Å². The van der Waals surface area contributed by atoms with Crippen LogP contribution in [0.3, 0.4) is 0 Å². The van der Waals surface area contributed by atoms with E-state index in [1.807, 2.05) is 0 Å². The predicted octanol–water partition coefficient (Wildman–Crippen LogP) is 2.72. The summed E-state index contributed by atoms with van der Waals surface area (Å²) in [6.07, 6.45) is -7.41. The van der Waals surface area contributed by atoms with E-state index in [1.165, 1.54) is 0 Å². The van der Waals surface area contributed by atoms with Gasteiger partial charge in [-0.15, -0.1) is 0 Å². The first kappa shape index (κ1) is 13.8. The van der Waals surface area contributed by atoms with Gasteiger partial charge in [-0.2, -0.15) is 13.2 Å². The molecule has 0 amide bonds. The van der Waals surface area contributed by atoms with Crippen LogP contribution in [0.1, 0.15) is 22.0 Å². The van der Waals surface area contributed by atoms with Crippen molar-refractivity contribution in [1.29, 1.82) is 0 Å². The third kappa shape index (κ3) is 3.10. The molecule has 1 unspecified atom stereocenters. The smallest absolute Gasteiger partial charge is 0.418 e. The van der Waals surface area contributed by atoms with Crippen LogP contribution in [0.15, 0.2) is 18.2 Å². The largest absolute Gasteiger partial charge is 0.465 e. The normalized spacial score (nSPS) is 13.3. The predicted molar refractivity (Wildman–Crippen MR) is 53.8 cm³/mol. The Morgan fingerprint density at radius 2 is 2.06 bits per heavy atom. The topological polar surface area (TPSA) is 46.5 Å². The van der Waals surface area contributed by atoms with Crippen LogP contribution in [0.25, 0.3) is 0 Å². The molecular formula is C10H8ClF3O3. The number of halogens is 4. The molecule has 0 aliphatic heterocycles. The van der Waals surface area contributed by atoms with Gasteiger partial charge in [-0.05, 0) is 17.7 Å². The number of alkyl halides is 3. The highest BCUT2D eigenvalue weighted by Gasteiger charge is 2.39. The summed E-state index contributed by atoms with van der Waals surface area (Å²) in [5, 5.41) is 8.76. The van der Waals surface area contributed by atoms with Crippen LogP contribution in [0, 0.1) is 0 Å². The zero-order valence-corrected chi connectivity index (χ0v) is 9.34. The van der Waals surface area contributed by atoms with E-state index in [4.69, 9.17) is 16.7 Å². The van der Waals surface area contributed by atoms with Crippen LogP contribution in [-0.2, 0) is 4.74 Å². The van der Waals surface area contributed by atoms with Crippen LogP contribution >= 0.6 is 11.6 Å². The van der Waals surface area contributed by atoms with Gasteiger partial charge in [0.15, 0.2) is 6.10 Å². The van der Waals surface area contributed by atoms with E-state index in [0.717, 1.165) is 25.3 Å². The molecular weight excluding hydrogens is 261 g/mol. The molecule has 3 nitrogen and oxygen atoms in total. The molecule has 94 valence electrons. The van der Waals surface area contributed by atoms with Crippen molar-refractivity contribution in [3.63, 3.8) is 0 Å². The maximum Gasteiger partial charge on any atom is 0.418 e. The molecule has 0 bridgehead atoms. The van der Waals surface area contributed by atoms with E-state index in [9.17, 15) is 18.0 Å². The minimum atomic E-state index is -4.78. The Hall–Kier alpha value is -1.27. The summed E-state index contributed by atoms with van der Waals surface area (Å²) in [7, 11) is 1.12. The van der Waals surface area contributed by atoms with Crippen LogP contribution in [0.5, 0.6) is 0 Å². The zero-order valence-electron chi connectivity index (χ0n) is 8.58. The minimum absolute atomic E-state index is 0.0627. The third-order valence-corrected chi connectivity index (χ3v) is 2.34. The van der Waals surface area contributed by atoms with Crippen LogP contribution in [-0.4, -0.2) is 24.4 Å². The highest BCUT2D eigenvalue weighted by Crippen LogP contribution is 2.34. The van der Waals surface area contributed by atoms with Crippen LogP contribution in [0.2, 0.25) is 5.02 Å². The highest BCUT2D eigenvalue weighted by molar-refractivity contribution is 6.33. The molecule has 0 radical (unpaired) electrons. The van der Waals surface area contributed by atoms with Gasteiger partial charge in [0.05, 0.1) is 17.7 Å². The molecule has 1 rings (SSSR count). The average Bonchev–Trinajstić information content (AvgIpc) is 2.25. The lowest BCUT2D eigenvalue weighted by Gasteiger charge is -2.15. The van der Waals surface area contributed by atoms with Crippen molar-refractivity contribution in [3.8, 4) is 0 Å². The number of aliphatic hydroxyl groups excluding tert-OH is 1. The molecule has 0 heterocycles. The van der Waals surface area contributed by atoms with Gasteiger partial charge in [-0.1, -0.05) is 17.7 Å². The minimum Gasteiger partial charge on any atom is -0.465 e. The van der Waals surface area contributed by atoms with Crippen molar-refractivity contribution >= 4 is 17.6 Å². The number of carbonyl (C=O) groups is 1. The Bertz CT molecular complexity index is 431. The number of hydrogen-bond acceptors (Lipinski definition) is 3. The number of benzene rings is 1. The maximum absolute atomic E-state index is 12.2. The standard InChI is InChI=1S/C10H8ClF3O3/c1-17-9(16)6-3-2-5(4-7(6)11)8(15)10(12,13)14/h2-4,8,15H,1H3. The summed E-state index contributed by atoms with van der Waals surface area (Å²) in [5.74, 6) is -0.761. The zero-order chi connectivity index (χ0) is 13.2. The summed E-state index contributed by atoms with van der Waals surface area (Å²) in [6, 6.07) is 2.92. The molecule has 1 aromatic rings. The second kappa shape index (κ2) is 4.93. The lowest BCUT2D eigenvalue weighted by molar-refractivity contribution is -0.206. The van der Waals surface area contributed by atoms with Crippen molar-refractivity contribution in [1.82, 2.24) is 0 Å². The van der Waals surface area contributed by atoms with Crippen molar-refractivity contribution in [2.45, 2.75) is 12.3 Å². The first-order valence-corrected chi connectivity index (χ1v) is 4.77. The number of esters is 1. The lowest BCUT2D eigenvalue weighted by Crippen LogP contribution is -2.20. The quantitative estimate of drug-likeness (QED) is 0.839. The maximum atomic E-state index is 12.2. The van der Waals surface area contributed by atoms with Gasteiger partial charge in [-0.25, -0.2) is 4.79 Å². The molecule has 0 aromatic heterocycles. The van der Waals surface area contributed by atoms with Crippen molar-refractivity contribution in [3.05, 3.63) is 34.3 Å². The fraction of sp³-hybridized carbons (Fsp3) is 0.300. The second-order valence-electron chi connectivity index (χ2n) is 3.18. The molecule has 0 fully saturated rings. The van der Waals surface area contributed by atoms with Crippen LogP contribution in [0.4, 0.5) is 13.2 Å². The molecule has 0 aliphatic carbocycles. The first-order chi connectivity index (χ1) is 7.77.